The van der Waals surface area contributed by atoms with E-state index in [0.717, 1.165) is 12.0 Å². The Morgan fingerprint density at radius 1 is 1.28 bits per heavy atom. The summed E-state index contributed by atoms with van der Waals surface area (Å²) in [7, 11) is 0. The molecule has 4 heteroatoms. The van der Waals surface area contributed by atoms with Gasteiger partial charge in [-0.2, -0.15) is 0 Å². The van der Waals surface area contributed by atoms with Gasteiger partial charge in [0.15, 0.2) is 0 Å². The molecule has 1 aromatic rings. The van der Waals surface area contributed by atoms with Crippen molar-refractivity contribution in [3.63, 3.8) is 0 Å². The minimum absolute atomic E-state index is 0.157. The molecular formula is C14H22N2O2. The molecule has 0 radical (unpaired) electrons. The van der Waals surface area contributed by atoms with E-state index >= 15 is 0 Å². The lowest BCUT2D eigenvalue weighted by Crippen LogP contribution is -2.25. The second-order valence-electron chi connectivity index (χ2n) is 5.18. The van der Waals surface area contributed by atoms with E-state index < -0.39 is 0 Å². The Labute approximate surface area is 109 Å². The monoisotopic (exact) mass is 250 g/mol. The summed E-state index contributed by atoms with van der Waals surface area (Å²) in [5.41, 5.74) is 1.12. The molecule has 0 aliphatic heterocycles. The predicted octanol–water partition coefficient (Wildman–Crippen LogP) is 3.51. The number of nitro groups is 1. The smallest absolute Gasteiger partial charge is 0.269 e. The van der Waals surface area contributed by atoms with E-state index in [2.05, 4.69) is 26.1 Å². The van der Waals surface area contributed by atoms with Crippen molar-refractivity contribution in [1.82, 2.24) is 5.32 Å². The van der Waals surface area contributed by atoms with E-state index in [1.165, 1.54) is 12.5 Å². The van der Waals surface area contributed by atoms with E-state index in [4.69, 9.17) is 0 Å². The van der Waals surface area contributed by atoms with Gasteiger partial charge < -0.3 is 5.32 Å². The Morgan fingerprint density at radius 2 is 2.00 bits per heavy atom. The van der Waals surface area contributed by atoms with Crippen LogP contribution in [-0.4, -0.2) is 11.0 Å². The van der Waals surface area contributed by atoms with Crippen molar-refractivity contribution in [2.75, 3.05) is 0 Å². The fourth-order valence-electron chi connectivity index (χ4n) is 1.76. The Balaban J connectivity index is 2.43. The first kappa shape index (κ1) is 14.6. The van der Waals surface area contributed by atoms with Crippen LogP contribution in [0.4, 0.5) is 5.69 Å². The fourth-order valence-corrected chi connectivity index (χ4v) is 1.76. The normalized spacial score (nSPS) is 12.7. The lowest BCUT2D eigenvalue weighted by molar-refractivity contribution is -0.384. The topological polar surface area (TPSA) is 55.2 Å². The highest BCUT2D eigenvalue weighted by molar-refractivity contribution is 5.34. The fraction of sp³-hybridized carbons (Fsp3) is 0.571. The highest BCUT2D eigenvalue weighted by Crippen LogP contribution is 2.13. The lowest BCUT2D eigenvalue weighted by Gasteiger charge is -2.14. The van der Waals surface area contributed by atoms with Gasteiger partial charge in [0.2, 0.25) is 0 Å². The Morgan fingerprint density at radius 3 is 2.61 bits per heavy atom. The van der Waals surface area contributed by atoms with Crippen molar-refractivity contribution in [1.29, 1.82) is 0 Å². The molecule has 1 aromatic carbocycles. The largest absolute Gasteiger partial charge is 0.310 e. The summed E-state index contributed by atoms with van der Waals surface area (Å²) >= 11 is 0. The minimum Gasteiger partial charge on any atom is -0.310 e. The first-order chi connectivity index (χ1) is 8.49. The van der Waals surface area contributed by atoms with Gasteiger partial charge in [0.25, 0.3) is 5.69 Å². The van der Waals surface area contributed by atoms with Crippen LogP contribution in [0.3, 0.4) is 0 Å². The van der Waals surface area contributed by atoms with Gasteiger partial charge in [-0.3, -0.25) is 10.1 Å². The van der Waals surface area contributed by atoms with E-state index in [0.29, 0.717) is 18.5 Å². The number of non-ortho nitro benzene ring substituents is 1. The minimum atomic E-state index is -0.355. The van der Waals surface area contributed by atoms with Gasteiger partial charge in [0, 0.05) is 24.7 Å². The summed E-state index contributed by atoms with van der Waals surface area (Å²) in [5, 5.41) is 14.1. The summed E-state index contributed by atoms with van der Waals surface area (Å²) in [6.45, 7) is 7.27. The zero-order chi connectivity index (χ0) is 13.5. The van der Waals surface area contributed by atoms with E-state index in [9.17, 15) is 10.1 Å². The number of nitro benzene ring substituents is 1. The number of benzene rings is 1. The molecule has 1 N–H and O–H groups in total. The number of nitrogens with zero attached hydrogens (tertiary/aromatic N) is 1. The highest BCUT2D eigenvalue weighted by atomic mass is 16.6. The van der Waals surface area contributed by atoms with Gasteiger partial charge in [-0.05, 0) is 31.2 Å². The molecule has 0 saturated carbocycles. The van der Waals surface area contributed by atoms with E-state index in [1.54, 1.807) is 12.1 Å². The van der Waals surface area contributed by atoms with Gasteiger partial charge in [0.1, 0.15) is 0 Å². The molecule has 0 aromatic heterocycles. The third-order valence-corrected chi connectivity index (χ3v) is 2.95. The number of nitrogens with one attached hydrogen (secondary N) is 1. The zero-order valence-corrected chi connectivity index (χ0v) is 11.3. The van der Waals surface area contributed by atoms with Crippen LogP contribution in [0.1, 0.15) is 39.2 Å². The average molecular weight is 250 g/mol. The molecular weight excluding hydrogens is 228 g/mol. The van der Waals surface area contributed by atoms with Crippen LogP contribution in [-0.2, 0) is 6.54 Å². The Bertz CT molecular complexity index is 391. The predicted molar refractivity (Wildman–Crippen MR) is 73.5 cm³/mol. The Kier molecular flexibility index (Phi) is 5.78. The van der Waals surface area contributed by atoms with Crippen molar-refractivity contribution in [2.45, 2.75) is 46.2 Å². The maximum Gasteiger partial charge on any atom is 0.269 e. The van der Waals surface area contributed by atoms with Gasteiger partial charge in [0.05, 0.1) is 4.92 Å². The first-order valence-corrected chi connectivity index (χ1v) is 6.45. The van der Waals surface area contributed by atoms with Gasteiger partial charge in [-0.1, -0.05) is 26.0 Å². The summed E-state index contributed by atoms with van der Waals surface area (Å²) in [6.07, 6.45) is 2.33. The molecule has 100 valence electrons. The molecule has 0 saturated heterocycles. The number of hydrogen-bond donors (Lipinski definition) is 1. The summed E-state index contributed by atoms with van der Waals surface area (Å²) < 4.78 is 0. The van der Waals surface area contributed by atoms with Gasteiger partial charge in [-0.25, -0.2) is 0 Å². The Hall–Kier alpha value is -1.42. The SMILES string of the molecule is CC(C)CCC(C)NCc1cccc([N+](=O)[O-])c1. The third kappa shape index (κ3) is 5.27. The summed E-state index contributed by atoms with van der Waals surface area (Å²) in [4.78, 5) is 10.3. The van der Waals surface area contributed by atoms with Crippen molar-refractivity contribution in [3.05, 3.63) is 39.9 Å². The standard InChI is InChI=1S/C14H22N2O2/c1-11(2)7-8-12(3)15-10-13-5-4-6-14(9-13)16(17)18/h4-6,9,11-12,15H,7-8,10H2,1-3H3. The summed E-state index contributed by atoms with van der Waals surface area (Å²) in [6, 6.07) is 7.23. The van der Waals surface area contributed by atoms with Crippen LogP contribution < -0.4 is 5.32 Å². The molecule has 0 aliphatic carbocycles. The van der Waals surface area contributed by atoms with Crippen molar-refractivity contribution in [2.24, 2.45) is 5.92 Å². The van der Waals surface area contributed by atoms with Crippen LogP contribution in [0.2, 0.25) is 0 Å². The van der Waals surface area contributed by atoms with Crippen molar-refractivity contribution >= 4 is 5.69 Å². The van der Waals surface area contributed by atoms with Gasteiger partial charge >= 0.3 is 0 Å². The molecule has 0 heterocycles. The maximum atomic E-state index is 10.7. The molecule has 0 amide bonds. The maximum absolute atomic E-state index is 10.7. The third-order valence-electron chi connectivity index (χ3n) is 2.95. The molecule has 0 aliphatic rings. The molecule has 0 spiro atoms. The molecule has 1 unspecified atom stereocenters. The van der Waals surface area contributed by atoms with Crippen LogP contribution in [0, 0.1) is 16.0 Å². The number of hydrogen-bond acceptors (Lipinski definition) is 3. The highest BCUT2D eigenvalue weighted by Gasteiger charge is 2.07. The van der Waals surface area contributed by atoms with Crippen LogP contribution in [0.25, 0.3) is 0 Å². The van der Waals surface area contributed by atoms with E-state index in [-0.39, 0.29) is 10.6 Å². The second-order valence-corrected chi connectivity index (χ2v) is 5.18. The van der Waals surface area contributed by atoms with Crippen molar-refractivity contribution < 1.29 is 4.92 Å². The van der Waals surface area contributed by atoms with Crippen LogP contribution >= 0.6 is 0 Å². The molecule has 1 rings (SSSR count). The molecule has 4 nitrogen and oxygen atoms in total. The average Bonchev–Trinajstić information content (AvgIpc) is 2.34. The van der Waals surface area contributed by atoms with Crippen molar-refractivity contribution in [3.8, 4) is 0 Å². The second kappa shape index (κ2) is 7.11. The quantitative estimate of drug-likeness (QED) is 0.595. The number of rotatable bonds is 7. The summed E-state index contributed by atoms with van der Waals surface area (Å²) in [5.74, 6) is 0.715. The van der Waals surface area contributed by atoms with Gasteiger partial charge in [-0.15, -0.1) is 0 Å². The molecule has 0 fully saturated rings. The van der Waals surface area contributed by atoms with Crippen LogP contribution in [0.5, 0.6) is 0 Å². The first-order valence-electron chi connectivity index (χ1n) is 6.45. The van der Waals surface area contributed by atoms with Crippen LogP contribution in [0.15, 0.2) is 24.3 Å². The molecule has 18 heavy (non-hydrogen) atoms. The molecule has 0 bridgehead atoms. The lowest BCUT2D eigenvalue weighted by atomic mass is 10.0. The molecule has 1 atom stereocenters. The van der Waals surface area contributed by atoms with E-state index in [1.807, 2.05) is 6.07 Å². The zero-order valence-electron chi connectivity index (χ0n) is 11.3.